The summed E-state index contributed by atoms with van der Waals surface area (Å²) in [6, 6.07) is 68.1. The van der Waals surface area contributed by atoms with Crippen LogP contribution in [-0.4, -0.2) is 3.21 Å². The maximum Gasteiger partial charge on any atom is -0.172 e. The molecule has 0 saturated carbocycles. The van der Waals surface area contributed by atoms with E-state index in [1.54, 1.807) is 0 Å². The SMILES string of the molecule is CC(C)(c1[c-]c2c(cc1)-c1ccc(C(C)(C)c3ccccc3)cc1C2)c1ccccc1.[Cl-].[Cl-].[Zr+2]=[C](c1ccccc1)c1ccccc1.c1cc[cH-]c1. The van der Waals surface area contributed by atoms with E-state index < -0.39 is 0 Å². The predicted octanol–water partition coefficient (Wildman–Crippen LogP) is 5.93. The average Bonchev–Trinajstić information content (AvgIpc) is 3.88. The molecular weight excluding hydrogens is 751 g/mol. The Bertz CT molecular complexity index is 1960. The first kappa shape index (κ1) is 40.8. The van der Waals surface area contributed by atoms with Crippen molar-refractivity contribution in [2.24, 2.45) is 0 Å². The Morgan fingerprint density at radius 2 is 0.981 bits per heavy atom. The topological polar surface area (TPSA) is 0 Å². The molecule has 0 spiro atoms. The van der Waals surface area contributed by atoms with Crippen LogP contribution in [0.2, 0.25) is 0 Å². The van der Waals surface area contributed by atoms with Gasteiger partial charge < -0.3 is 24.8 Å². The molecule has 7 aromatic rings. The molecule has 0 amide bonds. The molecule has 0 atom stereocenters. The third-order valence-corrected chi connectivity index (χ3v) is 11.3. The van der Waals surface area contributed by atoms with Crippen LogP contribution in [0.15, 0.2) is 182 Å². The molecule has 0 radical (unpaired) electrons. The molecule has 0 aromatic heterocycles. The average molecular weight is 795 g/mol. The van der Waals surface area contributed by atoms with Crippen molar-refractivity contribution in [2.45, 2.75) is 44.9 Å². The molecule has 260 valence electrons. The fourth-order valence-corrected chi connectivity index (χ4v) is 7.43. The predicted molar refractivity (Wildman–Crippen MR) is 209 cm³/mol. The standard InChI is InChI=1S/C31H29.C13H10.C5H5.2ClH.Zr/c1-30(2,24-11-7-5-8-12-24)26-15-17-28-22(20-26)19-23-21-27(16-18-29(23)28)31(3,4)25-13-9-6-10-14-25;1-3-7-12(8-4-1)11-13-9-5-2-6-10-13;1-2-4-5-3-1;;;/h5-18,20H,19H2,1-4H3;1-10H;1-5H;2*1H;/q-1;;-1;;;+2/p-2. The normalized spacial score (nSPS) is 11.2. The Morgan fingerprint density at radius 1 is 0.519 bits per heavy atom. The van der Waals surface area contributed by atoms with E-state index in [4.69, 9.17) is 0 Å². The molecule has 0 fully saturated rings. The maximum absolute atomic E-state index is 3.80. The van der Waals surface area contributed by atoms with Crippen molar-refractivity contribution in [1.29, 1.82) is 0 Å². The van der Waals surface area contributed by atoms with Crippen LogP contribution in [0.4, 0.5) is 0 Å². The van der Waals surface area contributed by atoms with Gasteiger partial charge in [-0.25, -0.2) is 12.1 Å². The van der Waals surface area contributed by atoms with Gasteiger partial charge in [-0.3, -0.25) is 0 Å². The van der Waals surface area contributed by atoms with Crippen molar-refractivity contribution in [3.05, 3.63) is 233 Å². The van der Waals surface area contributed by atoms with E-state index >= 15 is 0 Å². The Kier molecular flexibility index (Phi) is 14.6. The fraction of sp³-hybridized carbons (Fsp3) is 0.143. The van der Waals surface area contributed by atoms with Gasteiger partial charge in [-0.15, -0.1) is 11.1 Å². The molecule has 0 heterocycles. The zero-order chi connectivity index (χ0) is 35.0. The van der Waals surface area contributed by atoms with Gasteiger partial charge >= 0.3 is 99.2 Å². The van der Waals surface area contributed by atoms with Gasteiger partial charge in [-0.05, 0) is 34.1 Å². The second kappa shape index (κ2) is 18.7. The van der Waals surface area contributed by atoms with Crippen molar-refractivity contribution in [2.75, 3.05) is 0 Å². The van der Waals surface area contributed by atoms with E-state index in [0.29, 0.717) is 0 Å². The monoisotopic (exact) mass is 792 g/mol. The summed E-state index contributed by atoms with van der Waals surface area (Å²) in [5.74, 6) is 0. The van der Waals surface area contributed by atoms with Crippen LogP contribution in [-0.2, 0) is 41.5 Å². The zero-order valence-corrected chi connectivity index (χ0v) is 34.3. The first-order valence-corrected chi connectivity index (χ1v) is 18.6. The van der Waals surface area contributed by atoms with Gasteiger partial charge in [-0.1, -0.05) is 112 Å². The molecule has 8 rings (SSSR count). The smallest absolute Gasteiger partial charge is 0.172 e. The van der Waals surface area contributed by atoms with Crippen LogP contribution in [0.3, 0.4) is 0 Å². The summed E-state index contributed by atoms with van der Waals surface area (Å²) in [5, 5.41) is 0. The summed E-state index contributed by atoms with van der Waals surface area (Å²) >= 11 is 1.46. The van der Waals surface area contributed by atoms with Crippen molar-refractivity contribution < 1.29 is 49.0 Å². The van der Waals surface area contributed by atoms with Crippen molar-refractivity contribution >= 4 is 3.21 Å². The van der Waals surface area contributed by atoms with Gasteiger partial charge in [0.15, 0.2) is 0 Å². The summed E-state index contributed by atoms with van der Waals surface area (Å²) in [5.41, 5.74) is 13.3. The molecule has 0 nitrogen and oxygen atoms in total. The summed E-state index contributed by atoms with van der Waals surface area (Å²) in [6.07, 6.45) is 0.960. The van der Waals surface area contributed by atoms with Crippen LogP contribution in [0, 0.1) is 6.07 Å². The van der Waals surface area contributed by atoms with Crippen LogP contribution in [0.25, 0.3) is 11.1 Å². The van der Waals surface area contributed by atoms with Gasteiger partial charge in [0.05, 0.1) is 0 Å². The number of hydrogen-bond donors (Lipinski definition) is 0. The van der Waals surface area contributed by atoms with Gasteiger partial charge in [0.2, 0.25) is 0 Å². The Hall–Kier alpha value is -4.00. The fourth-order valence-electron chi connectivity index (χ4n) is 6.61. The molecule has 0 unspecified atom stereocenters. The number of halogens is 2. The molecular formula is C49H44Cl2Zr-2. The van der Waals surface area contributed by atoms with E-state index in [-0.39, 0.29) is 35.6 Å². The molecule has 0 aliphatic heterocycles. The van der Waals surface area contributed by atoms with Gasteiger partial charge in [0.1, 0.15) is 0 Å². The van der Waals surface area contributed by atoms with Crippen molar-refractivity contribution in [3.63, 3.8) is 0 Å². The largest absolute Gasteiger partial charge is 0.214 e. The molecule has 1 aliphatic rings. The second-order valence-electron chi connectivity index (χ2n) is 13.9. The van der Waals surface area contributed by atoms with Crippen LogP contribution >= 0.6 is 0 Å². The summed E-state index contributed by atoms with van der Waals surface area (Å²) in [4.78, 5) is 0. The Balaban J connectivity index is 0.000000238. The molecule has 3 heteroatoms. The number of hydrogen-bond acceptors (Lipinski definition) is 0. The van der Waals surface area contributed by atoms with Gasteiger partial charge in [0, 0.05) is 5.41 Å². The summed E-state index contributed by atoms with van der Waals surface area (Å²) in [6.45, 7) is 9.23. The van der Waals surface area contributed by atoms with E-state index in [1.165, 1.54) is 83.1 Å². The van der Waals surface area contributed by atoms with Crippen LogP contribution in [0.1, 0.15) is 72.2 Å². The number of fused-ring (bicyclic) bond motifs is 3. The minimum atomic E-state index is -0.0640. The summed E-state index contributed by atoms with van der Waals surface area (Å²) in [7, 11) is 0. The maximum atomic E-state index is 3.80. The van der Waals surface area contributed by atoms with Gasteiger partial charge in [-0.2, -0.15) is 42.0 Å². The second-order valence-corrected chi connectivity index (χ2v) is 15.1. The minimum Gasteiger partial charge on any atom is -0.214 e. The number of rotatable bonds is 6. The van der Waals surface area contributed by atoms with E-state index in [9.17, 15) is 0 Å². The summed E-state index contributed by atoms with van der Waals surface area (Å²) < 4.78 is 1.42. The van der Waals surface area contributed by atoms with E-state index in [0.717, 1.165) is 6.42 Å². The Morgan fingerprint density at radius 3 is 1.46 bits per heavy atom. The molecule has 0 saturated heterocycles. The first-order chi connectivity index (χ1) is 24.2. The van der Waals surface area contributed by atoms with Crippen molar-refractivity contribution in [3.8, 4) is 11.1 Å². The minimum absolute atomic E-state index is 0. The Labute approximate surface area is 338 Å². The van der Waals surface area contributed by atoms with Crippen LogP contribution in [0.5, 0.6) is 0 Å². The molecule has 0 N–H and O–H groups in total. The van der Waals surface area contributed by atoms with Crippen molar-refractivity contribution in [1.82, 2.24) is 0 Å². The number of benzene rings is 6. The van der Waals surface area contributed by atoms with Gasteiger partial charge in [0.25, 0.3) is 0 Å². The zero-order valence-electron chi connectivity index (χ0n) is 30.3. The van der Waals surface area contributed by atoms with E-state index in [1.807, 2.05) is 30.3 Å². The van der Waals surface area contributed by atoms with Crippen LogP contribution < -0.4 is 24.8 Å². The molecule has 52 heavy (non-hydrogen) atoms. The quantitative estimate of drug-likeness (QED) is 0.184. The third kappa shape index (κ3) is 9.51. The molecule has 7 aromatic carbocycles. The molecule has 1 aliphatic carbocycles. The first-order valence-electron chi connectivity index (χ1n) is 17.4. The van der Waals surface area contributed by atoms with E-state index in [2.05, 4.69) is 185 Å². The third-order valence-electron chi connectivity index (χ3n) is 9.86. The molecule has 0 bridgehead atoms.